The molecule has 4 N–H and O–H groups in total. The lowest BCUT2D eigenvalue weighted by Crippen LogP contribution is -2.49. The van der Waals surface area contributed by atoms with Crippen LogP contribution >= 0.6 is 34.8 Å². The maximum absolute atomic E-state index is 14.3. The van der Waals surface area contributed by atoms with Gasteiger partial charge >= 0.3 is 6.18 Å². The number of H-pyrrole nitrogens is 1. The van der Waals surface area contributed by atoms with E-state index in [9.17, 15) is 22.4 Å². The highest BCUT2D eigenvalue weighted by molar-refractivity contribution is 6.68. The van der Waals surface area contributed by atoms with Gasteiger partial charge in [-0.25, -0.2) is 4.39 Å². The Labute approximate surface area is 193 Å². The number of alkyl halides is 6. The predicted molar refractivity (Wildman–Crippen MR) is 115 cm³/mol. The van der Waals surface area contributed by atoms with Crippen LogP contribution in [0.25, 0.3) is 11.0 Å². The molecule has 1 unspecified atom stereocenters. The Bertz CT molecular complexity index is 1130. The van der Waals surface area contributed by atoms with Gasteiger partial charge in [0.1, 0.15) is 23.4 Å². The highest BCUT2D eigenvalue weighted by atomic mass is 35.6. The number of aromatic nitrogens is 3. The summed E-state index contributed by atoms with van der Waals surface area (Å²) in [7, 11) is 0. The van der Waals surface area contributed by atoms with Crippen molar-refractivity contribution in [3.63, 3.8) is 0 Å². The number of hydrogen-bond donors (Lipinski definition) is 4. The lowest BCUT2D eigenvalue weighted by Gasteiger charge is -2.26. The first-order valence-corrected chi connectivity index (χ1v) is 10.1. The molecule has 172 valence electrons. The summed E-state index contributed by atoms with van der Waals surface area (Å²) in [6.07, 6.45) is -4.25. The second-order valence-electron chi connectivity index (χ2n) is 6.49. The largest absolute Gasteiger partial charge is 0.416 e. The zero-order valence-electron chi connectivity index (χ0n) is 16.1. The Kier molecular flexibility index (Phi) is 6.91. The van der Waals surface area contributed by atoms with E-state index in [-0.39, 0.29) is 23.9 Å². The van der Waals surface area contributed by atoms with Crippen molar-refractivity contribution >= 4 is 69.2 Å². The van der Waals surface area contributed by atoms with Crippen molar-refractivity contribution in [1.82, 2.24) is 20.3 Å². The molecular weight excluding hydrogens is 499 g/mol. The van der Waals surface area contributed by atoms with Crippen molar-refractivity contribution in [1.29, 1.82) is 0 Å². The molecule has 1 aromatic carbocycles. The van der Waals surface area contributed by atoms with Crippen LogP contribution in [0.5, 0.6) is 0 Å². The van der Waals surface area contributed by atoms with Gasteiger partial charge in [0.25, 0.3) is 0 Å². The summed E-state index contributed by atoms with van der Waals surface area (Å²) in [5.41, 5.74) is -1.08. The number of carbonyl (C=O) groups is 1. The van der Waals surface area contributed by atoms with Gasteiger partial charge in [-0.15, -0.1) is 0 Å². The van der Waals surface area contributed by atoms with Crippen LogP contribution in [0.3, 0.4) is 0 Å². The molecule has 0 saturated heterocycles. The summed E-state index contributed by atoms with van der Waals surface area (Å²) in [5, 5.41) is 8.22. The highest BCUT2D eigenvalue weighted by Crippen LogP contribution is 2.34. The zero-order chi connectivity index (χ0) is 23.7. The minimum absolute atomic E-state index is 0.0577. The average molecular weight is 514 g/mol. The van der Waals surface area contributed by atoms with Crippen molar-refractivity contribution in [3.05, 3.63) is 41.8 Å². The second kappa shape index (κ2) is 9.16. The highest BCUT2D eigenvalue weighted by Gasteiger charge is 2.35. The van der Waals surface area contributed by atoms with Crippen molar-refractivity contribution in [3.8, 4) is 0 Å². The number of fused-ring (bicyclic) bond motifs is 1. The average Bonchev–Trinajstić information content (AvgIpc) is 3.16. The molecule has 3 aromatic rings. The third kappa shape index (κ3) is 5.64. The Hall–Kier alpha value is -2.50. The molecule has 0 fully saturated rings. The van der Waals surface area contributed by atoms with Gasteiger partial charge in [0.05, 0.1) is 16.6 Å². The molecule has 0 aliphatic heterocycles. The number of amides is 1. The van der Waals surface area contributed by atoms with Gasteiger partial charge in [-0.1, -0.05) is 41.7 Å². The van der Waals surface area contributed by atoms with Gasteiger partial charge in [-0.05, 0) is 24.3 Å². The van der Waals surface area contributed by atoms with Gasteiger partial charge in [-0.2, -0.15) is 23.1 Å². The topological polar surface area (TPSA) is 94.7 Å². The van der Waals surface area contributed by atoms with Crippen molar-refractivity contribution in [2.24, 2.45) is 0 Å². The summed E-state index contributed by atoms with van der Waals surface area (Å²) in [5.74, 6) is -1.60. The number of anilines is 3. The summed E-state index contributed by atoms with van der Waals surface area (Å²) in [4.78, 5) is 23.0. The fraction of sp³-hybridized carbons (Fsp3) is 0.278. The van der Waals surface area contributed by atoms with E-state index >= 15 is 0 Å². The molecule has 1 atom stereocenters. The number of rotatable bonds is 6. The maximum atomic E-state index is 14.3. The van der Waals surface area contributed by atoms with E-state index in [4.69, 9.17) is 34.8 Å². The minimum Gasteiger partial charge on any atom is -0.346 e. The quantitative estimate of drug-likeness (QED) is 0.199. The Balaban J connectivity index is 1.95. The van der Waals surface area contributed by atoms with Gasteiger partial charge in [0, 0.05) is 12.6 Å². The number of nitrogens with one attached hydrogen (secondary N) is 4. The van der Waals surface area contributed by atoms with Crippen LogP contribution < -0.4 is 16.0 Å². The first-order valence-electron chi connectivity index (χ1n) is 9.00. The third-order valence-electron chi connectivity index (χ3n) is 4.19. The van der Waals surface area contributed by atoms with Crippen molar-refractivity contribution in [2.75, 3.05) is 10.6 Å². The normalized spacial score (nSPS) is 13.1. The van der Waals surface area contributed by atoms with Crippen molar-refractivity contribution in [2.45, 2.75) is 29.5 Å². The number of aromatic amines is 1. The molecule has 0 spiro atoms. The van der Waals surface area contributed by atoms with Gasteiger partial charge in [0.15, 0.2) is 0 Å². The Morgan fingerprint density at radius 3 is 2.50 bits per heavy atom. The van der Waals surface area contributed by atoms with Gasteiger partial charge < -0.3 is 20.9 Å². The fourth-order valence-corrected chi connectivity index (χ4v) is 2.94. The van der Waals surface area contributed by atoms with Gasteiger partial charge in [-0.3, -0.25) is 4.79 Å². The Morgan fingerprint density at radius 1 is 1.19 bits per heavy atom. The van der Waals surface area contributed by atoms with E-state index < -0.39 is 33.4 Å². The number of carbonyl (C=O) groups excluding carboxylic acids is 1. The second-order valence-corrected chi connectivity index (χ2v) is 8.86. The summed E-state index contributed by atoms with van der Waals surface area (Å²) >= 11 is 17.8. The molecule has 2 aromatic heterocycles. The standard InChI is InChI=1S/C18H15Cl3F4N6O/c1-2-12(32)28-15(17(19,20)21)31-16-29-13-9(5-6-26-13)14(30-16)27-11-4-3-8(7-10(11)22)18(23,24)25/h3-7,15H,2H2,1H3,(H,28,32)(H3,26,27,29,30,31). The molecule has 0 radical (unpaired) electrons. The summed E-state index contributed by atoms with van der Waals surface area (Å²) in [6, 6.07) is 3.63. The molecule has 0 aliphatic carbocycles. The third-order valence-corrected chi connectivity index (χ3v) is 4.85. The predicted octanol–water partition coefficient (Wildman–Crippen LogP) is 5.49. The summed E-state index contributed by atoms with van der Waals surface area (Å²) in [6.45, 7) is 1.60. The molecule has 2 heterocycles. The molecule has 32 heavy (non-hydrogen) atoms. The molecule has 0 bridgehead atoms. The van der Waals surface area contributed by atoms with Gasteiger partial charge in [0.2, 0.25) is 15.6 Å². The number of halogens is 7. The lowest BCUT2D eigenvalue weighted by molar-refractivity contribution is -0.137. The van der Waals surface area contributed by atoms with E-state index in [0.29, 0.717) is 17.1 Å². The molecular formula is C18H15Cl3F4N6O. The molecule has 14 heteroatoms. The van der Waals surface area contributed by atoms with Crippen LogP contribution in [0.15, 0.2) is 30.5 Å². The van der Waals surface area contributed by atoms with Crippen LogP contribution in [-0.4, -0.2) is 30.8 Å². The molecule has 3 rings (SSSR count). The van der Waals surface area contributed by atoms with E-state index in [2.05, 4.69) is 30.9 Å². The molecule has 7 nitrogen and oxygen atoms in total. The molecule has 0 aliphatic rings. The van der Waals surface area contributed by atoms with E-state index in [1.54, 1.807) is 13.0 Å². The number of hydrogen-bond acceptors (Lipinski definition) is 5. The summed E-state index contributed by atoms with van der Waals surface area (Å²) < 4.78 is 50.7. The first-order chi connectivity index (χ1) is 14.9. The maximum Gasteiger partial charge on any atom is 0.416 e. The van der Waals surface area contributed by atoms with Crippen LogP contribution in [0.2, 0.25) is 0 Å². The smallest absolute Gasteiger partial charge is 0.346 e. The van der Waals surface area contributed by atoms with E-state index in [1.165, 1.54) is 6.20 Å². The lowest BCUT2D eigenvalue weighted by atomic mass is 10.2. The number of nitrogens with zero attached hydrogens (tertiary/aromatic N) is 2. The minimum atomic E-state index is -4.69. The zero-order valence-corrected chi connectivity index (χ0v) is 18.4. The van der Waals surface area contributed by atoms with E-state index in [0.717, 1.165) is 12.1 Å². The van der Waals surface area contributed by atoms with Crippen LogP contribution in [-0.2, 0) is 11.0 Å². The van der Waals surface area contributed by atoms with Crippen molar-refractivity contribution < 1.29 is 22.4 Å². The van der Waals surface area contributed by atoms with Crippen LogP contribution in [0.1, 0.15) is 18.9 Å². The van der Waals surface area contributed by atoms with Crippen LogP contribution in [0.4, 0.5) is 35.0 Å². The molecule has 0 saturated carbocycles. The number of benzene rings is 1. The SMILES string of the molecule is CCC(=O)NC(Nc1nc(Nc2ccc(C(F)(F)F)cc2F)c2cc[nH]c2n1)C(Cl)(Cl)Cl. The Morgan fingerprint density at radius 2 is 1.91 bits per heavy atom. The first kappa shape index (κ1) is 24.1. The molecule has 1 amide bonds. The monoisotopic (exact) mass is 512 g/mol. The van der Waals surface area contributed by atoms with E-state index in [1.807, 2.05) is 0 Å². The van der Waals surface area contributed by atoms with Crippen LogP contribution in [0, 0.1) is 5.82 Å². The fourth-order valence-electron chi connectivity index (χ4n) is 2.61.